The van der Waals surface area contributed by atoms with E-state index in [9.17, 15) is 12.8 Å². The second-order valence-electron chi connectivity index (χ2n) is 4.13. The van der Waals surface area contributed by atoms with Gasteiger partial charge in [0.15, 0.2) is 0 Å². The third-order valence-corrected chi connectivity index (χ3v) is 4.37. The predicted molar refractivity (Wildman–Crippen MR) is 79.6 cm³/mol. The average molecular weight is 331 g/mol. The number of hydrogen-bond acceptors (Lipinski definition) is 4. The van der Waals surface area contributed by atoms with Crippen LogP contribution in [0.3, 0.4) is 0 Å². The molecule has 0 unspecified atom stereocenters. The normalized spacial score (nSPS) is 11.2. The van der Waals surface area contributed by atoms with E-state index in [1.165, 1.54) is 31.4 Å². The zero-order chi connectivity index (χ0) is 15.6. The van der Waals surface area contributed by atoms with Crippen LogP contribution in [0.5, 0.6) is 5.75 Å². The van der Waals surface area contributed by atoms with Crippen LogP contribution in [-0.4, -0.2) is 15.5 Å². The van der Waals surface area contributed by atoms with Crippen molar-refractivity contribution >= 4 is 33.0 Å². The third kappa shape index (κ3) is 3.37. The maximum absolute atomic E-state index is 13.0. The van der Waals surface area contributed by atoms with Crippen molar-refractivity contribution in [2.75, 3.05) is 17.6 Å². The molecule has 112 valence electrons. The van der Waals surface area contributed by atoms with Crippen molar-refractivity contribution in [3.63, 3.8) is 0 Å². The number of benzene rings is 2. The quantitative estimate of drug-likeness (QED) is 0.845. The van der Waals surface area contributed by atoms with Gasteiger partial charge < -0.3 is 10.5 Å². The Hall–Kier alpha value is -1.99. The number of rotatable bonds is 4. The van der Waals surface area contributed by atoms with Gasteiger partial charge in [-0.25, -0.2) is 12.8 Å². The van der Waals surface area contributed by atoms with E-state index in [1.54, 1.807) is 0 Å². The summed E-state index contributed by atoms with van der Waals surface area (Å²) < 4.78 is 44.7. The molecular weight excluding hydrogens is 319 g/mol. The highest BCUT2D eigenvalue weighted by atomic mass is 35.5. The van der Waals surface area contributed by atoms with Crippen molar-refractivity contribution in [3.8, 4) is 5.75 Å². The topological polar surface area (TPSA) is 81.4 Å². The highest BCUT2D eigenvalue weighted by Crippen LogP contribution is 2.28. The number of nitrogens with two attached hydrogens (primary N) is 1. The SMILES string of the molecule is COc1cc(S(=O)(=O)Nc2ccc(F)cc2Cl)ccc1N. The zero-order valence-corrected chi connectivity index (χ0v) is 12.5. The Labute approximate surface area is 126 Å². The van der Waals surface area contributed by atoms with Crippen molar-refractivity contribution in [2.45, 2.75) is 4.90 Å². The molecule has 2 aromatic carbocycles. The van der Waals surface area contributed by atoms with Crippen LogP contribution in [0, 0.1) is 5.82 Å². The molecular formula is C13H12ClFN2O3S. The van der Waals surface area contributed by atoms with Gasteiger partial charge in [0.25, 0.3) is 10.0 Å². The lowest BCUT2D eigenvalue weighted by molar-refractivity contribution is 0.415. The number of methoxy groups -OCH3 is 1. The molecule has 3 N–H and O–H groups in total. The second-order valence-corrected chi connectivity index (χ2v) is 6.22. The standard InChI is InChI=1S/C13H12ClFN2O3S/c1-20-13-7-9(3-4-11(13)16)21(18,19)17-12-5-2-8(15)6-10(12)14/h2-7,17H,16H2,1H3. The Balaban J connectivity index is 2.38. The summed E-state index contributed by atoms with van der Waals surface area (Å²) in [4.78, 5) is -0.0473. The summed E-state index contributed by atoms with van der Waals surface area (Å²) >= 11 is 5.80. The number of ether oxygens (including phenoxy) is 1. The number of halogens is 2. The van der Waals surface area contributed by atoms with Crippen LogP contribution in [-0.2, 0) is 10.0 Å². The maximum Gasteiger partial charge on any atom is 0.262 e. The predicted octanol–water partition coefficient (Wildman–Crippen LogP) is 2.87. The molecule has 0 amide bonds. The Kier molecular flexibility index (Phi) is 4.24. The van der Waals surface area contributed by atoms with E-state index < -0.39 is 15.8 Å². The van der Waals surface area contributed by atoms with Gasteiger partial charge in [-0.3, -0.25) is 4.72 Å². The maximum atomic E-state index is 13.0. The molecule has 0 spiro atoms. The summed E-state index contributed by atoms with van der Waals surface area (Å²) in [5, 5.41) is -0.0408. The van der Waals surface area contributed by atoms with E-state index in [1.807, 2.05) is 0 Å². The minimum Gasteiger partial charge on any atom is -0.495 e. The minimum atomic E-state index is -3.89. The first-order chi connectivity index (χ1) is 9.83. The summed E-state index contributed by atoms with van der Waals surface area (Å²) in [6.45, 7) is 0. The van der Waals surface area contributed by atoms with Crippen LogP contribution < -0.4 is 15.2 Å². The molecule has 0 bridgehead atoms. The van der Waals surface area contributed by atoms with Crippen molar-refractivity contribution in [3.05, 3.63) is 47.2 Å². The highest BCUT2D eigenvalue weighted by Gasteiger charge is 2.17. The fraction of sp³-hybridized carbons (Fsp3) is 0.0769. The molecule has 2 aromatic rings. The molecule has 0 aliphatic carbocycles. The van der Waals surface area contributed by atoms with E-state index in [0.717, 1.165) is 12.1 Å². The van der Waals surface area contributed by atoms with Gasteiger partial charge in [0, 0.05) is 6.07 Å². The van der Waals surface area contributed by atoms with Gasteiger partial charge in [0.2, 0.25) is 0 Å². The summed E-state index contributed by atoms with van der Waals surface area (Å²) in [7, 11) is -2.51. The van der Waals surface area contributed by atoms with Crippen molar-refractivity contribution < 1.29 is 17.5 Å². The Bertz CT molecular complexity index is 781. The lowest BCUT2D eigenvalue weighted by Crippen LogP contribution is -2.13. The average Bonchev–Trinajstić information content (AvgIpc) is 2.42. The minimum absolute atomic E-state index is 0.0408. The number of nitrogen functional groups attached to an aromatic ring is 1. The Morgan fingerprint density at radius 3 is 2.57 bits per heavy atom. The van der Waals surface area contributed by atoms with Crippen molar-refractivity contribution in [1.29, 1.82) is 0 Å². The van der Waals surface area contributed by atoms with E-state index in [4.69, 9.17) is 22.1 Å². The van der Waals surface area contributed by atoms with Crippen molar-refractivity contribution in [1.82, 2.24) is 0 Å². The number of sulfonamides is 1. The summed E-state index contributed by atoms with van der Waals surface area (Å²) in [5.74, 6) is -0.319. The molecule has 0 fully saturated rings. The number of nitrogens with one attached hydrogen (secondary N) is 1. The molecule has 0 aromatic heterocycles. The lowest BCUT2D eigenvalue weighted by Gasteiger charge is -2.11. The fourth-order valence-electron chi connectivity index (χ4n) is 1.63. The number of anilines is 2. The molecule has 0 heterocycles. The smallest absolute Gasteiger partial charge is 0.262 e. The molecule has 0 aliphatic rings. The van der Waals surface area contributed by atoms with E-state index in [-0.39, 0.29) is 21.4 Å². The zero-order valence-electron chi connectivity index (χ0n) is 10.9. The van der Waals surface area contributed by atoms with Crippen LogP contribution in [0.1, 0.15) is 0 Å². The van der Waals surface area contributed by atoms with Gasteiger partial charge >= 0.3 is 0 Å². The molecule has 0 saturated carbocycles. The summed E-state index contributed by atoms with van der Waals surface area (Å²) in [6.07, 6.45) is 0. The van der Waals surface area contributed by atoms with Crippen LogP contribution in [0.2, 0.25) is 5.02 Å². The van der Waals surface area contributed by atoms with Crippen molar-refractivity contribution in [2.24, 2.45) is 0 Å². The van der Waals surface area contributed by atoms with Gasteiger partial charge in [-0.15, -0.1) is 0 Å². The second kappa shape index (κ2) is 5.79. The lowest BCUT2D eigenvalue weighted by atomic mass is 10.3. The first-order valence-electron chi connectivity index (χ1n) is 5.75. The van der Waals surface area contributed by atoms with Gasteiger partial charge in [-0.05, 0) is 30.3 Å². The fourth-order valence-corrected chi connectivity index (χ4v) is 3.00. The van der Waals surface area contributed by atoms with Crippen LogP contribution in [0.15, 0.2) is 41.3 Å². The molecule has 5 nitrogen and oxygen atoms in total. The molecule has 0 saturated heterocycles. The largest absolute Gasteiger partial charge is 0.495 e. The van der Waals surface area contributed by atoms with Crippen LogP contribution >= 0.6 is 11.6 Å². The third-order valence-electron chi connectivity index (χ3n) is 2.69. The van der Waals surface area contributed by atoms with Gasteiger partial charge in [-0.2, -0.15) is 0 Å². The Morgan fingerprint density at radius 2 is 1.95 bits per heavy atom. The first-order valence-corrected chi connectivity index (χ1v) is 7.61. The first kappa shape index (κ1) is 15.4. The van der Waals surface area contributed by atoms with Gasteiger partial charge in [0.05, 0.1) is 28.4 Å². The van der Waals surface area contributed by atoms with Crippen LogP contribution in [0.25, 0.3) is 0 Å². The molecule has 2 rings (SSSR count). The van der Waals surface area contributed by atoms with Gasteiger partial charge in [-0.1, -0.05) is 11.6 Å². The molecule has 0 radical (unpaired) electrons. The Morgan fingerprint density at radius 1 is 1.24 bits per heavy atom. The number of hydrogen-bond donors (Lipinski definition) is 2. The summed E-state index contributed by atoms with van der Waals surface area (Å²) in [5.41, 5.74) is 6.03. The monoisotopic (exact) mass is 330 g/mol. The molecule has 21 heavy (non-hydrogen) atoms. The van der Waals surface area contributed by atoms with E-state index >= 15 is 0 Å². The molecule has 0 aliphatic heterocycles. The van der Waals surface area contributed by atoms with E-state index in [0.29, 0.717) is 5.69 Å². The van der Waals surface area contributed by atoms with E-state index in [2.05, 4.69) is 4.72 Å². The highest BCUT2D eigenvalue weighted by molar-refractivity contribution is 7.92. The van der Waals surface area contributed by atoms with Gasteiger partial charge in [0.1, 0.15) is 11.6 Å². The molecule has 8 heteroatoms. The molecule has 0 atom stereocenters. The van der Waals surface area contributed by atoms with Crippen LogP contribution in [0.4, 0.5) is 15.8 Å². The summed E-state index contributed by atoms with van der Waals surface area (Å²) in [6, 6.07) is 7.40.